The highest BCUT2D eigenvalue weighted by Gasteiger charge is 2.30. The zero-order valence-electron chi connectivity index (χ0n) is 18.3. The van der Waals surface area contributed by atoms with E-state index in [0.29, 0.717) is 40.7 Å². The third-order valence-electron chi connectivity index (χ3n) is 5.12. The molecule has 1 aliphatic heterocycles. The van der Waals surface area contributed by atoms with Gasteiger partial charge in [0, 0.05) is 11.6 Å². The fraction of sp³-hybridized carbons (Fsp3) is 0.148. The first-order chi connectivity index (χ1) is 15.6. The van der Waals surface area contributed by atoms with Gasteiger partial charge in [-0.1, -0.05) is 36.4 Å². The lowest BCUT2D eigenvalue weighted by molar-refractivity contribution is 0.101. The normalized spacial score (nSPS) is 13.8. The van der Waals surface area contributed by atoms with Gasteiger partial charge in [-0.3, -0.25) is 4.79 Å². The number of methoxy groups -OCH3 is 2. The van der Waals surface area contributed by atoms with E-state index in [2.05, 4.69) is 0 Å². The van der Waals surface area contributed by atoms with Crippen molar-refractivity contribution in [2.45, 2.75) is 6.92 Å². The minimum atomic E-state index is -0.169. The lowest BCUT2D eigenvalue weighted by atomic mass is 10.0. The van der Waals surface area contributed by atoms with Gasteiger partial charge in [-0.15, -0.1) is 0 Å². The minimum Gasteiger partial charge on any atom is -0.497 e. The number of allylic oxidation sites excluding steroid dienone is 1. The number of aryl methyl sites for hydroxylation is 1. The summed E-state index contributed by atoms with van der Waals surface area (Å²) >= 11 is 0. The number of rotatable bonds is 7. The van der Waals surface area contributed by atoms with Crippen LogP contribution in [0.2, 0.25) is 0 Å². The molecular formula is C27H24O5. The smallest absolute Gasteiger partial charge is 0.232 e. The molecular weight excluding hydrogens is 404 g/mol. The van der Waals surface area contributed by atoms with Gasteiger partial charge in [0.1, 0.15) is 29.6 Å². The first-order valence-corrected chi connectivity index (χ1v) is 10.2. The number of carbonyl (C=O) groups excluding carboxylic acids is 1. The molecule has 1 heterocycles. The second kappa shape index (κ2) is 9.43. The third-order valence-corrected chi connectivity index (χ3v) is 5.12. The van der Waals surface area contributed by atoms with E-state index in [1.165, 1.54) is 0 Å². The van der Waals surface area contributed by atoms with Gasteiger partial charge in [-0.05, 0) is 54.5 Å². The van der Waals surface area contributed by atoms with Gasteiger partial charge in [0.05, 0.1) is 19.8 Å². The van der Waals surface area contributed by atoms with Gasteiger partial charge in [0.25, 0.3) is 0 Å². The maximum Gasteiger partial charge on any atom is 0.232 e. The third kappa shape index (κ3) is 4.52. The average molecular weight is 428 g/mol. The van der Waals surface area contributed by atoms with Crippen molar-refractivity contribution in [2.24, 2.45) is 0 Å². The van der Waals surface area contributed by atoms with Crippen LogP contribution in [0.1, 0.15) is 27.0 Å². The highest BCUT2D eigenvalue weighted by molar-refractivity contribution is 6.15. The summed E-state index contributed by atoms with van der Waals surface area (Å²) < 4.78 is 22.5. The highest BCUT2D eigenvalue weighted by Crippen LogP contribution is 2.38. The first-order valence-electron chi connectivity index (χ1n) is 10.2. The molecule has 0 saturated heterocycles. The Morgan fingerprint density at radius 2 is 1.75 bits per heavy atom. The van der Waals surface area contributed by atoms with Crippen LogP contribution in [0.25, 0.3) is 12.2 Å². The molecule has 0 bridgehead atoms. The van der Waals surface area contributed by atoms with Crippen molar-refractivity contribution in [2.75, 3.05) is 20.8 Å². The number of ether oxygens (including phenoxy) is 4. The summed E-state index contributed by atoms with van der Waals surface area (Å²) in [4.78, 5) is 13.0. The van der Waals surface area contributed by atoms with Crippen LogP contribution < -0.4 is 18.9 Å². The predicted octanol–water partition coefficient (Wildman–Crippen LogP) is 5.72. The molecule has 0 atom stereocenters. The molecule has 3 aromatic rings. The number of fused-ring (bicyclic) bond motifs is 1. The average Bonchev–Trinajstić information content (AvgIpc) is 3.12. The molecule has 4 rings (SSSR count). The van der Waals surface area contributed by atoms with E-state index in [1.807, 2.05) is 55.5 Å². The lowest BCUT2D eigenvalue weighted by Crippen LogP contribution is -2.00. The summed E-state index contributed by atoms with van der Waals surface area (Å²) in [5.41, 5.74) is 3.15. The Labute approximate surface area is 187 Å². The van der Waals surface area contributed by atoms with Crippen molar-refractivity contribution in [3.63, 3.8) is 0 Å². The summed E-state index contributed by atoms with van der Waals surface area (Å²) in [6.45, 7) is 2.28. The van der Waals surface area contributed by atoms with Gasteiger partial charge >= 0.3 is 0 Å². The number of carbonyl (C=O) groups is 1. The summed E-state index contributed by atoms with van der Waals surface area (Å²) in [6, 6.07) is 19.0. The summed E-state index contributed by atoms with van der Waals surface area (Å²) in [5.74, 6) is 2.48. The van der Waals surface area contributed by atoms with Crippen LogP contribution in [0.5, 0.6) is 23.0 Å². The van der Waals surface area contributed by atoms with E-state index < -0.39 is 0 Å². The van der Waals surface area contributed by atoms with Crippen LogP contribution in [0, 0.1) is 6.92 Å². The zero-order chi connectivity index (χ0) is 22.5. The Morgan fingerprint density at radius 1 is 0.938 bits per heavy atom. The van der Waals surface area contributed by atoms with E-state index in [1.54, 1.807) is 44.6 Å². The molecule has 0 spiro atoms. The molecule has 1 aliphatic rings. The topological polar surface area (TPSA) is 54.0 Å². The largest absolute Gasteiger partial charge is 0.497 e. The van der Waals surface area contributed by atoms with Crippen LogP contribution in [0.15, 0.2) is 72.5 Å². The molecule has 5 nitrogen and oxygen atoms in total. The highest BCUT2D eigenvalue weighted by atomic mass is 16.5. The Hall–Kier alpha value is -3.99. The van der Waals surface area contributed by atoms with Crippen molar-refractivity contribution in [1.82, 2.24) is 0 Å². The minimum absolute atomic E-state index is 0.169. The molecule has 0 radical (unpaired) electrons. The molecule has 0 aromatic heterocycles. The number of hydrogen-bond donors (Lipinski definition) is 0. The zero-order valence-corrected chi connectivity index (χ0v) is 18.3. The molecule has 0 fully saturated rings. The van der Waals surface area contributed by atoms with Crippen molar-refractivity contribution in [3.05, 3.63) is 94.8 Å². The SMILES string of the molecule is COc1ccc(OC)c(/C=C2\Oc3cc(OC/C=C/c4ccccc4)cc(C)c3C2=O)c1. The van der Waals surface area contributed by atoms with Crippen LogP contribution in [0.3, 0.4) is 0 Å². The monoisotopic (exact) mass is 428 g/mol. The molecule has 0 N–H and O–H groups in total. The summed E-state index contributed by atoms with van der Waals surface area (Å²) in [5, 5.41) is 0. The number of benzene rings is 3. The van der Waals surface area contributed by atoms with Crippen molar-refractivity contribution >= 4 is 17.9 Å². The summed E-state index contributed by atoms with van der Waals surface area (Å²) in [6.07, 6.45) is 5.62. The van der Waals surface area contributed by atoms with E-state index in [-0.39, 0.29) is 11.5 Å². The van der Waals surface area contributed by atoms with Gasteiger partial charge in [0.15, 0.2) is 5.76 Å². The second-order valence-electron chi connectivity index (χ2n) is 7.29. The lowest BCUT2D eigenvalue weighted by Gasteiger charge is -2.08. The Balaban J connectivity index is 1.53. The van der Waals surface area contributed by atoms with Crippen LogP contribution in [-0.4, -0.2) is 26.6 Å². The van der Waals surface area contributed by atoms with Gasteiger partial charge < -0.3 is 18.9 Å². The van der Waals surface area contributed by atoms with Crippen molar-refractivity contribution in [1.29, 1.82) is 0 Å². The van der Waals surface area contributed by atoms with E-state index in [4.69, 9.17) is 18.9 Å². The quantitative estimate of drug-likeness (QED) is 0.451. The fourth-order valence-electron chi connectivity index (χ4n) is 3.55. The molecule has 0 amide bonds. The van der Waals surface area contributed by atoms with E-state index >= 15 is 0 Å². The molecule has 3 aromatic carbocycles. The Kier molecular flexibility index (Phi) is 6.26. The number of ketones is 1. The van der Waals surface area contributed by atoms with E-state index in [0.717, 1.165) is 11.1 Å². The Morgan fingerprint density at radius 3 is 2.50 bits per heavy atom. The van der Waals surface area contributed by atoms with Gasteiger partial charge in [0.2, 0.25) is 5.78 Å². The number of Topliss-reactive ketones (excluding diaryl/α,β-unsaturated/α-hetero) is 1. The molecule has 0 unspecified atom stereocenters. The van der Waals surface area contributed by atoms with Gasteiger partial charge in [-0.25, -0.2) is 0 Å². The van der Waals surface area contributed by atoms with Crippen LogP contribution >= 0.6 is 0 Å². The van der Waals surface area contributed by atoms with Gasteiger partial charge in [-0.2, -0.15) is 0 Å². The molecule has 32 heavy (non-hydrogen) atoms. The van der Waals surface area contributed by atoms with Crippen molar-refractivity contribution < 1.29 is 23.7 Å². The molecule has 5 heteroatoms. The summed E-state index contributed by atoms with van der Waals surface area (Å²) in [7, 11) is 3.17. The van der Waals surface area contributed by atoms with Crippen molar-refractivity contribution in [3.8, 4) is 23.0 Å². The fourth-order valence-corrected chi connectivity index (χ4v) is 3.55. The second-order valence-corrected chi connectivity index (χ2v) is 7.29. The molecule has 162 valence electrons. The maximum absolute atomic E-state index is 13.0. The molecule has 0 aliphatic carbocycles. The van der Waals surface area contributed by atoms with Crippen LogP contribution in [0.4, 0.5) is 0 Å². The maximum atomic E-state index is 13.0. The number of hydrogen-bond acceptors (Lipinski definition) is 5. The van der Waals surface area contributed by atoms with E-state index in [9.17, 15) is 4.79 Å². The first kappa shape index (κ1) is 21.2. The predicted molar refractivity (Wildman–Crippen MR) is 125 cm³/mol. The van der Waals surface area contributed by atoms with Crippen LogP contribution in [-0.2, 0) is 0 Å². The molecule has 0 saturated carbocycles. The standard InChI is InChI=1S/C27H24O5/c1-18-14-22(31-13-7-10-19-8-5-4-6-9-19)17-24-26(18)27(28)25(32-24)16-20-15-21(29-2)11-12-23(20)30-3/h4-12,14-17H,13H2,1-3H3/b10-7+,25-16-. The Bertz CT molecular complexity index is 1190.